The van der Waals surface area contributed by atoms with Gasteiger partial charge in [-0.3, -0.25) is 0 Å². The standard InChI is InChI=1S/C12H21N3OS/c1-8-6-15(7-9(2)16-8)12-14-5-11(17-12)10(3)13-4/h5,8-10,13H,6-7H2,1-4H3. The van der Waals surface area contributed by atoms with Crippen LogP contribution in [0.4, 0.5) is 5.13 Å². The van der Waals surface area contributed by atoms with Crippen LogP contribution in [0.15, 0.2) is 6.20 Å². The molecule has 17 heavy (non-hydrogen) atoms. The van der Waals surface area contributed by atoms with Crippen molar-refractivity contribution < 1.29 is 4.74 Å². The molecule has 1 aliphatic rings. The first-order valence-corrected chi connectivity index (χ1v) is 6.95. The SMILES string of the molecule is CNC(C)c1cnc(N2CC(C)OC(C)C2)s1. The van der Waals surface area contributed by atoms with Crippen LogP contribution in [0.25, 0.3) is 0 Å². The van der Waals surface area contributed by atoms with Gasteiger partial charge in [0.2, 0.25) is 0 Å². The van der Waals surface area contributed by atoms with Gasteiger partial charge in [-0.05, 0) is 27.8 Å². The third-order valence-corrected chi connectivity index (χ3v) is 4.30. The predicted octanol–water partition coefficient (Wildman–Crippen LogP) is 2.04. The van der Waals surface area contributed by atoms with Crippen LogP contribution < -0.4 is 10.2 Å². The number of morpholine rings is 1. The number of aromatic nitrogens is 1. The van der Waals surface area contributed by atoms with Crippen molar-refractivity contribution in [3.63, 3.8) is 0 Å². The molecule has 0 aromatic carbocycles. The molecule has 2 heterocycles. The van der Waals surface area contributed by atoms with Crippen LogP contribution in [-0.4, -0.2) is 37.3 Å². The molecule has 1 aliphatic heterocycles. The summed E-state index contributed by atoms with van der Waals surface area (Å²) in [6.07, 6.45) is 2.55. The minimum atomic E-state index is 0.285. The van der Waals surface area contributed by atoms with Crippen molar-refractivity contribution in [1.29, 1.82) is 0 Å². The fourth-order valence-corrected chi connectivity index (χ4v) is 3.09. The van der Waals surface area contributed by atoms with E-state index in [9.17, 15) is 0 Å². The summed E-state index contributed by atoms with van der Waals surface area (Å²) in [5.74, 6) is 0. The van der Waals surface area contributed by atoms with Gasteiger partial charge in [-0.1, -0.05) is 0 Å². The number of nitrogens with one attached hydrogen (secondary N) is 1. The maximum Gasteiger partial charge on any atom is 0.185 e. The normalized spacial score (nSPS) is 27.2. The molecular weight excluding hydrogens is 234 g/mol. The summed E-state index contributed by atoms with van der Waals surface area (Å²) < 4.78 is 5.74. The lowest BCUT2D eigenvalue weighted by atomic mass is 10.2. The highest BCUT2D eigenvalue weighted by Crippen LogP contribution is 2.28. The zero-order valence-electron chi connectivity index (χ0n) is 10.9. The first-order chi connectivity index (χ1) is 8.10. The lowest BCUT2D eigenvalue weighted by molar-refractivity contribution is -0.00522. The smallest absolute Gasteiger partial charge is 0.185 e. The summed E-state index contributed by atoms with van der Waals surface area (Å²) in [7, 11) is 1.98. The molecule has 1 aromatic heterocycles. The zero-order chi connectivity index (χ0) is 12.4. The van der Waals surface area contributed by atoms with Crippen molar-refractivity contribution in [3.8, 4) is 0 Å². The fraction of sp³-hybridized carbons (Fsp3) is 0.750. The van der Waals surface area contributed by atoms with Gasteiger partial charge in [0.15, 0.2) is 5.13 Å². The molecule has 0 amide bonds. The third kappa shape index (κ3) is 2.97. The maximum atomic E-state index is 5.74. The number of hydrogen-bond donors (Lipinski definition) is 1. The van der Waals surface area contributed by atoms with Gasteiger partial charge in [-0.15, -0.1) is 11.3 Å². The molecule has 4 nitrogen and oxygen atoms in total. The van der Waals surface area contributed by atoms with Crippen LogP contribution in [0.5, 0.6) is 0 Å². The molecule has 1 saturated heterocycles. The van der Waals surface area contributed by atoms with Gasteiger partial charge in [-0.25, -0.2) is 4.98 Å². The van der Waals surface area contributed by atoms with Gasteiger partial charge < -0.3 is 15.0 Å². The molecule has 1 fully saturated rings. The predicted molar refractivity (Wildman–Crippen MR) is 71.8 cm³/mol. The molecular formula is C12H21N3OS. The average Bonchev–Trinajstić information content (AvgIpc) is 2.76. The lowest BCUT2D eigenvalue weighted by Gasteiger charge is -2.35. The summed E-state index contributed by atoms with van der Waals surface area (Å²) in [6.45, 7) is 8.26. The van der Waals surface area contributed by atoms with Gasteiger partial charge in [0.25, 0.3) is 0 Å². The van der Waals surface area contributed by atoms with E-state index in [1.165, 1.54) is 4.88 Å². The fourth-order valence-electron chi connectivity index (χ4n) is 2.10. The Bertz CT molecular complexity index is 358. The van der Waals surface area contributed by atoms with Crippen molar-refractivity contribution in [2.75, 3.05) is 25.0 Å². The van der Waals surface area contributed by atoms with Gasteiger partial charge in [0, 0.05) is 30.2 Å². The van der Waals surface area contributed by atoms with Gasteiger partial charge >= 0.3 is 0 Å². The molecule has 1 aromatic rings. The number of hydrogen-bond acceptors (Lipinski definition) is 5. The molecule has 0 spiro atoms. The summed E-state index contributed by atoms with van der Waals surface area (Å²) in [5, 5.41) is 4.36. The van der Waals surface area contributed by atoms with Crippen molar-refractivity contribution >= 4 is 16.5 Å². The van der Waals surface area contributed by atoms with E-state index in [2.05, 4.69) is 36.0 Å². The Kier molecular flexibility index (Phi) is 4.01. The zero-order valence-corrected chi connectivity index (χ0v) is 11.8. The summed E-state index contributed by atoms with van der Waals surface area (Å²) in [5.41, 5.74) is 0. The second-order valence-corrected chi connectivity index (χ2v) is 5.76. The first kappa shape index (κ1) is 12.8. The van der Waals surface area contributed by atoms with Gasteiger partial charge in [0.05, 0.1) is 12.2 Å². The van der Waals surface area contributed by atoms with E-state index in [0.717, 1.165) is 18.2 Å². The Labute approximate surface area is 107 Å². The molecule has 0 radical (unpaired) electrons. The Balaban J connectivity index is 2.09. The second kappa shape index (κ2) is 5.33. The highest BCUT2D eigenvalue weighted by atomic mass is 32.1. The highest BCUT2D eigenvalue weighted by molar-refractivity contribution is 7.15. The molecule has 0 saturated carbocycles. The highest BCUT2D eigenvalue weighted by Gasteiger charge is 2.24. The quantitative estimate of drug-likeness (QED) is 0.897. The Morgan fingerprint density at radius 3 is 2.71 bits per heavy atom. The topological polar surface area (TPSA) is 37.4 Å². The lowest BCUT2D eigenvalue weighted by Crippen LogP contribution is -2.45. The van der Waals surface area contributed by atoms with E-state index in [0.29, 0.717) is 6.04 Å². The molecule has 3 unspecified atom stereocenters. The van der Waals surface area contributed by atoms with Gasteiger partial charge in [0.1, 0.15) is 0 Å². The summed E-state index contributed by atoms with van der Waals surface area (Å²) in [4.78, 5) is 8.14. The van der Waals surface area contributed by atoms with Crippen LogP contribution in [0.1, 0.15) is 31.7 Å². The minimum Gasteiger partial charge on any atom is -0.372 e. The molecule has 5 heteroatoms. The molecule has 1 N–H and O–H groups in total. The second-order valence-electron chi connectivity index (χ2n) is 4.72. The van der Waals surface area contributed by atoms with Crippen LogP contribution in [0.3, 0.4) is 0 Å². The number of nitrogens with zero attached hydrogens (tertiary/aromatic N) is 2. The Hall–Kier alpha value is -0.650. The van der Waals surface area contributed by atoms with E-state index < -0.39 is 0 Å². The van der Waals surface area contributed by atoms with Crippen molar-refractivity contribution in [2.24, 2.45) is 0 Å². The van der Waals surface area contributed by atoms with Crippen LogP contribution >= 0.6 is 11.3 Å². The molecule has 96 valence electrons. The van der Waals surface area contributed by atoms with E-state index >= 15 is 0 Å². The van der Waals surface area contributed by atoms with Crippen LogP contribution in [-0.2, 0) is 4.74 Å². The number of thiazole rings is 1. The number of anilines is 1. The number of ether oxygens (including phenoxy) is 1. The van der Waals surface area contributed by atoms with E-state index in [4.69, 9.17) is 4.74 Å². The first-order valence-electron chi connectivity index (χ1n) is 6.13. The van der Waals surface area contributed by atoms with E-state index in [1.54, 1.807) is 11.3 Å². The average molecular weight is 255 g/mol. The maximum absolute atomic E-state index is 5.74. The Morgan fingerprint density at radius 1 is 1.47 bits per heavy atom. The van der Waals surface area contributed by atoms with E-state index in [1.807, 2.05) is 13.2 Å². The van der Waals surface area contributed by atoms with Crippen molar-refractivity contribution in [1.82, 2.24) is 10.3 Å². The summed E-state index contributed by atoms with van der Waals surface area (Å²) >= 11 is 1.77. The van der Waals surface area contributed by atoms with E-state index in [-0.39, 0.29) is 12.2 Å². The minimum absolute atomic E-state index is 0.285. The Morgan fingerprint density at radius 2 is 2.12 bits per heavy atom. The van der Waals surface area contributed by atoms with Crippen LogP contribution in [0.2, 0.25) is 0 Å². The van der Waals surface area contributed by atoms with Crippen molar-refractivity contribution in [3.05, 3.63) is 11.1 Å². The number of rotatable bonds is 3. The third-order valence-electron chi connectivity index (χ3n) is 3.06. The monoisotopic (exact) mass is 255 g/mol. The molecule has 3 atom stereocenters. The van der Waals surface area contributed by atoms with Crippen LogP contribution in [0, 0.1) is 0 Å². The molecule has 2 rings (SSSR count). The molecule has 0 bridgehead atoms. The molecule has 0 aliphatic carbocycles. The van der Waals surface area contributed by atoms with Crippen molar-refractivity contribution in [2.45, 2.75) is 39.0 Å². The van der Waals surface area contributed by atoms with Gasteiger partial charge in [-0.2, -0.15) is 0 Å². The largest absolute Gasteiger partial charge is 0.372 e. The summed E-state index contributed by atoms with van der Waals surface area (Å²) in [6, 6.07) is 0.372.